The number of aromatic carboxylic acids is 1. The van der Waals surface area contributed by atoms with Crippen molar-refractivity contribution < 1.29 is 23.1 Å². The molecule has 0 atom stereocenters. The Morgan fingerprint density at radius 3 is 2.33 bits per heavy atom. The van der Waals surface area contributed by atoms with Crippen molar-refractivity contribution in [1.29, 1.82) is 0 Å². The molecule has 0 amide bonds. The zero-order valence-electron chi connectivity index (χ0n) is 6.90. The molecule has 7 heteroatoms. The van der Waals surface area contributed by atoms with Gasteiger partial charge in [-0.2, -0.15) is 13.2 Å². The van der Waals surface area contributed by atoms with Crippen LogP contribution in [0.15, 0.2) is 12.1 Å². The molecule has 0 aromatic heterocycles. The molecule has 0 unspecified atom stereocenters. The molecule has 0 radical (unpaired) electrons. The molecule has 0 saturated heterocycles. The third-order valence-corrected chi connectivity index (χ3v) is 2.95. The SMILES string of the molecule is O=C(O)c1cc(Cl)cc(C(F)(F)F)c1I. The van der Waals surface area contributed by atoms with Gasteiger partial charge in [0.05, 0.1) is 11.1 Å². The average Bonchev–Trinajstić information content (AvgIpc) is 2.06. The highest BCUT2D eigenvalue weighted by molar-refractivity contribution is 14.1. The van der Waals surface area contributed by atoms with E-state index in [4.69, 9.17) is 16.7 Å². The van der Waals surface area contributed by atoms with Crippen LogP contribution in [0.2, 0.25) is 5.02 Å². The number of carboxylic acids is 1. The molecule has 0 spiro atoms. The predicted molar refractivity (Wildman–Crippen MR) is 56.1 cm³/mol. The van der Waals surface area contributed by atoms with Gasteiger partial charge in [0.25, 0.3) is 0 Å². The van der Waals surface area contributed by atoms with Crippen LogP contribution in [-0.4, -0.2) is 11.1 Å². The van der Waals surface area contributed by atoms with Gasteiger partial charge < -0.3 is 5.11 Å². The van der Waals surface area contributed by atoms with Gasteiger partial charge in [-0.15, -0.1) is 0 Å². The second kappa shape index (κ2) is 4.17. The van der Waals surface area contributed by atoms with E-state index in [2.05, 4.69) is 0 Å². The van der Waals surface area contributed by atoms with Crippen LogP contribution in [0.5, 0.6) is 0 Å². The summed E-state index contributed by atoms with van der Waals surface area (Å²) in [5.41, 5.74) is -1.48. The summed E-state index contributed by atoms with van der Waals surface area (Å²) < 4.78 is 36.9. The smallest absolute Gasteiger partial charge is 0.417 e. The molecule has 0 heterocycles. The van der Waals surface area contributed by atoms with Gasteiger partial charge in [-0.3, -0.25) is 0 Å². The number of rotatable bonds is 1. The van der Waals surface area contributed by atoms with Gasteiger partial charge >= 0.3 is 12.1 Å². The Hall–Kier alpha value is -0.500. The Labute approximate surface area is 101 Å². The van der Waals surface area contributed by atoms with E-state index >= 15 is 0 Å². The molecule has 15 heavy (non-hydrogen) atoms. The highest BCUT2D eigenvalue weighted by Crippen LogP contribution is 2.36. The topological polar surface area (TPSA) is 37.3 Å². The minimum absolute atomic E-state index is 0.250. The van der Waals surface area contributed by atoms with Crippen LogP contribution in [0.3, 0.4) is 0 Å². The Morgan fingerprint density at radius 2 is 1.93 bits per heavy atom. The molecule has 1 rings (SSSR count). The predicted octanol–water partition coefficient (Wildman–Crippen LogP) is 3.66. The first-order valence-corrected chi connectivity index (χ1v) is 4.98. The van der Waals surface area contributed by atoms with E-state index in [9.17, 15) is 18.0 Å². The van der Waals surface area contributed by atoms with E-state index in [1.807, 2.05) is 0 Å². The van der Waals surface area contributed by atoms with Gasteiger partial charge in [0.15, 0.2) is 0 Å². The monoisotopic (exact) mass is 350 g/mol. The summed E-state index contributed by atoms with van der Waals surface area (Å²) in [6, 6.07) is 1.69. The summed E-state index contributed by atoms with van der Waals surface area (Å²) in [4.78, 5) is 10.6. The molecule has 0 saturated carbocycles. The zero-order chi connectivity index (χ0) is 11.8. The fourth-order valence-corrected chi connectivity index (χ4v) is 2.02. The number of carbonyl (C=O) groups is 1. The quantitative estimate of drug-likeness (QED) is 0.785. The summed E-state index contributed by atoms with van der Waals surface area (Å²) >= 11 is 6.74. The summed E-state index contributed by atoms with van der Waals surface area (Å²) in [5, 5.41) is 8.40. The molecule has 0 aliphatic carbocycles. The summed E-state index contributed by atoms with van der Waals surface area (Å²) in [6.07, 6.45) is -4.61. The zero-order valence-corrected chi connectivity index (χ0v) is 9.81. The molecule has 82 valence electrons. The fourth-order valence-electron chi connectivity index (χ4n) is 0.951. The number of halogens is 5. The maximum atomic E-state index is 12.4. The van der Waals surface area contributed by atoms with Gasteiger partial charge in [0.2, 0.25) is 0 Å². The number of hydrogen-bond acceptors (Lipinski definition) is 1. The third kappa shape index (κ3) is 2.75. The summed E-state index contributed by atoms with van der Waals surface area (Å²) in [5.74, 6) is -1.44. The average molecular weight is 350 g/mol. The Morgan fingerprint density at radius 1 is 1.40 bits per heavy atom. The summed E-state index contributed by atoms with van der Waals surface area (Å²) in [6.45, 7) is 0. The molecular weight excluding hydrogens is 347 g/mol. The lowest BCUT2D eigenvalue weighted by atomic mass is 10.1. The van der Waals surface area contributed by atoms with Crippen LogP contribution < -0.4 is 0 Å². The molecule has 0 fully saturated rings. The van der Waals surface area contributed by atoms with E-state index in [0.717, 1.165) is 6.07 Å². The Bertz CT molecular complexity index is 417. The highest BCUT2D eigenvalue weighted by Gasteiger charge is 2.35. The lowest BCUT2D eigenvalue weighted by molar-refractivity contribution is -0.138. The lowest BCUT2D eigenvalue weighted by Gasteiger charge is -2.11. The van der Waals surface area contributed by atoms with Crippen LogP contribution >= 0.6 is 34.2 Å². The van der Waals surface area contributed by atoms with E-state index in [0.29, 0.717) is 6.07 Å². The Balaban J connectivity index is 3.49. The molecule has 1 N–H and O–H groups in total. The first kappa shape index (κ1) is 12.6. The van der Waals surface area contributed by atoms with E-state index in [1.54, 1.807) is 0 Å². The van der Waals surface area contributed by atoms with Crippen molar-refractivity contribution in [1.82, 2.24) is 0 Å². The molecule has 0 aliphatic rings. The van der Waals surface area contributed by atoms with Crippen molar-refractivity contribution in [2.24, 2.45) is 0 Å². The molecule has 0 aliphatic heterocycles. The van der Waals surface area contributed by atoms with Crippen LogP contribution in [-0.2, 0) is 6.18 Å². The molecule has 1 aromatic rings. The van der Waals surface area contributed by atoms with Crippen molar-refractivity contribution in [2.75, 3.05) is 0 Å². The molecule has 2 nitrogen and oxygen atoms in total. The van der Waals surface area contributed by atoms with Crippen molar-refractivity contribution in [2.45, 2.75) is 6.18 Å². The van der Waals surface area contributed by atoms with E-state index in [-0.39, 0.29) is 8.59 Å². The van der Waals surface area contributed by atoms with E-state index < -0.39 is 23.3 Å². The van der Waals surface area contributed by atoms with Gasteiger partial charge in [0.1, 0.15) is 0 Å². The van der Waals surface area contributed by atoms with Gasteiger partial charge in [-0.05, 0) is 34.7 Å². The molecular formula is C8H3ClF3IO2. The van der Waals surface area contributed by atoms with Crippen molar-refractivity contribution in [3.05, 3.63) is 31.9 Å². The minimum Gasteiger partial charge on any atom is -0.478 e. The summed E-state index contributed by atoms with van der Waals surface area (Å²) in [7, 11) is 0. The Kier molecular flexibility index (Phi) is 3.49. The van der Waals surface area contributed by atoms with Crippen molar-refractivity contribution >= 4 is 40.2 Å². The molecule has 1 aromatic carbocycles. The maximum Gasteiger partial charge on any atom is 0.417 e. The lowest BCUT2D eigenvalue weighted by Crippen LogP contribution is -2.11. The van der Waals surface area contributed by atoms with Crippen LogP contribution in [0, 0.1) is 3.57 Å². The number of benzene rings is 1. The van der Waals surface area contributed by atoms with Crippen molar-refractivity contribution in [3.63, 3.8) is 0 Å². The van der Waals surface area contributed by atoms with Crippen LogP contribution in [0.4, 0.5) is 13.2 Å². The van der Waals surface area contributed by atoms with Gasteiger partial charge in [-0.25, -0.2) is 4.79 Å². The molecule has 0 bridgehead atoms. The first-order chi connectivity index (χ1) is 6.73. The van der Waals surface area contributed by atoms with Gasteiger partial charge in [-0.1, -0.05) is 11.6 Å². The highest BCUT2D eigenvalue weighted by atomic mass is 127. The fraction of sp³-hybridized carbons (Fsp3) is 0.125. The van der Waals surface area contributed by atoms with Gasteiger partial charge in [0, 0.05) is 8.59 Å². The van der Waals surface area contributed by atoms with Crippen molar-refractivity contribution in [3.8, 4) is 0 Å². The van der Waals surface area contributed by atoms with Crippen LogP contribution in [0.25, 0.3) is 0 Å². The number of hydrogen-bond donors (Lipinski definition) is 1. The first-order valence-electron chi connectivity index (χ1n) is 3.53. The largest absolute Gasteiger partial charge is 0.478 e. The standard InChI is InChI=1S/C8H3ClF3IO2/c9-3-1-4(7(14)15)6(13)5(2-3)8(10,11)12/h1-2H,(H,14,15). The second-order valence-corrected chi connectivity index (χ2v) is 4.13. The number of carboxylic acid groups (broad SMARTS) is 1. The second-order valence-electron chi connectivity index (χ2n) is 2.62. The normalized spacial score (nSPS) is 11.5. The van der Waals surface area contributed by atoms with E-state index in [1.165, 1.54) is 22.6 Å². The third-order valence-electron chi connectivity index (χ3n) is 1.57. The minimum atomic E-state index is -4.61. The van der Waals surface area contributed by atoms with Crippen LogP contribution in [0.1, 0.15) is 15.9 Å². The maximum absolute atomic E-state index is 12.4. The number of alkyl halides is 3.